The molecule has 0 spiro atoms. The fourth-order valence-electron chi connectivity index (χ4n) is 3.75. The number of aryl methyl sites for hydroxylation is 1. The summed E-state index contributed by atoms with van der Waals surface area (Å²) in [6, 6.07) is 10.1. The van der Waals surface area contributed by atoms with Crippen LogP contribution in [0, 0.1) is 0 Å². The van der Waals surface area contributed by atoms with Crippen molar-refractivity contribution >= 4 is 52.1 Å². The number of amides is 2. The van der Waals surface area contributed by atoms with E-state index in [1.54, 1.807) is 11.3 Å². The summed E-state index contributed by atoms with van der Waals surface area (Å²) in [5.74, 6) is 0. The number of aliphatic imine (C=N–C) groups is 1. The maximum Gasteiger partial charge on any atom is 0.325 e. The molecule has 0 bridgehead atoms. The van der Waals surface area contributed by atoms with E-state index in [-0.39, 0.29) is 18.4 Å². The van der Waals surface area contributed by atoms with Gasteiger partial charge in [0.05, 0.1) is 12.3 Å². The molecule has 0 saturated carbocycles. The van der Waals surface area contributed by atoms with Crippen LogP contribution < -0.4 is 4.90 Å². The number of carbonyl (C=O) groups is 1. The Hall–Kier alpha value is -1.56. The van der Waals surface area contributed by atoms with Gasteiger partial charge in [-0.2, -0.15) is 0 Å². The minimum atomic E-state index is 0. The van der Waals surface area contributed by atoms with Gasteiger partial charge in [-0.25, -0.2) is 4.79 Å². The Morgan fingerprint density at radius 2 is 1.89 bits per heavy atom. The molecule has 2 aliphatic rings. The first kappa shape index (κ1) is 21.2. The largest absolute Gasteiger partial charge is 0.325 e. The lowest BCUT2D eigenvalue weighted by Crippen LogP contribution is -2.46. The van der Waals surface area contributed by atoms with Gasteiger partial charge in [-0.1, -0.05) is 36.7 Å². The highest BCUT2D eigenvalue weighted by Gasteiger charge is 2.30. The summed E-state index contributed by atoms with van der Waals surface area (Å²) in [6.45, 7) is 5.06. The van der Waals surface area contributed by atoms with Crippen molar-refractivity contribution in [2.75, 3.05) is 31.1 Å². The second-order valence-corrected chi connectivity index (χ2v) is 8.50. The summed E-state index contributed by atoms with van der Waals surface area (Å²) in [7, 11) is 0. The van der Waals surface area contributed by atoms with E-state index in [2.05, 4.69) is 13.0 Å². The van der Waals surface area contributed by atoms with Crippen LogP contribution in [0.5, 0.6) is 0 Å². The average molecular weight is 438 g/mol. The van der Waals surface area contributed by atoms with E-state index in [0.29, 0.717) is 18.1 Å². The highest BCUT2D eigenvalue weighted by Crippen LogP contribution is 2.37. The first-order chi connectivity index (χ1) is 13.2. The Balaban J connectivity index is 0.00000225. The molecule has 2 amide bonds. The number of fused-ring (bicyclic) bond motifs is 1. The van der Waals surface area contributed by atoms with Crippen LogP contribution in [0.3, 0.4) is 0 Å². The van der Waals surface area contributed by atoms with Crippen LogP contribution in [-0.4, -0.2) is 42.8 Å². The second-order valence-electron chi connectivity index (χ2n) is 6.98. The fourth-order valence-corrected chi connectivity index (χ4v) is 5.09. The Labute approximate surface area is 181 Å². The van der Waals surface area contributed by atoms with Crippen LogP contribution in [0.4, 0.5) is 9.80 Å². The monoisotopic (exact) mass is 437 g/mol. The summed E-state index contributed by atoms with van der Waals surface area (Å²) in [4.78, 5) is 23.3. The first-order valence-corrected chi connectivity index (χ1v) is 10.9. The minimum absolute atomic E-state index is 0. The number of thiophene rings is 1. The van der Waals surface area contributed by atoms with Crippen LogP contribution in [0.25, 0.3) is 0 Å². The van der Waals surface area contributed by atoms with E-state index < -0.39 is 0 Å². The van der Waals surface area contributed by atoms with Gasteiger partial charge >= 0.3 is 6.03 Å². The fraction of sp³-hybridized carbons (Fsp3) is 0.429. The van der Waals surface area contributed by atoms with Crippen LogP contribution >= 0.6 is 35.3 Å². The number of urea groups is 1. The molecule has 0 unspecified atom stereocenters. The van der Waals surface area contributed by atoms with Crippen LogP contribution in [0.15, 0.2) is 35.3 Å². The molecular weight excluding hydrogens is 413 g/mol. The third-order valence-electron chi connectivity index (χ3n) is 5.19. The molecule has 28 heavy (non-hydrogen) atoms. The zero-order chi connectivity index (χ0) is 18.8. The molecule has 2 aliphatic heterocycles. The van der Waals surface area contributed by atoms with Crippen molar-refractivity contribution in [1.29, 1.82) is 0 Å². The molecule has 0 atom stereocenters. The summed E-state index contributed by atoms with van der Waals surface area (Å²) in [6.07, 6.45) is 4.35. The van der Waals surface area contributed by atoms with E-state index >= 15 is 0 Å². The molecule has 0 aliphatic carbocycles. The maximum absolute atomic E-state index is 13.3. The van der Waals surface area contributed by atoms with E-state index in [4.69, 9.17) is 16.6 Å². The van der Waals surface area contributed by atoms with Gasteiger partial charge in [0, 0.05) is 40.7 Å². The van der Waals surface area contributed by atoms with Crippen molar-refractivity contribution in [3.8, 4) is 0 Å². The number of carbonyl (C=O) groups excluding carboxylic acids is 1. The van der Waals surface area contributed by atoms with Crippen molar-refractivity contribution in [1.82, 2.24) is 4.90 Å². The number of halogens is 2. The van der Waals surface area contributed by atoms with Crippen molar-refractivity contribution in [3.63, 3.8) is 0 Å². The summed E-state index contributed by atoms with van der Waals surface area (Å²) < 4.78 is 0. The van der Waals surface area contributed by atoms with Gasteiger partial charge in [0.1, 0.15) is 5.00 Å². The van der Waals surface area contributed by atoms with Crippen molar-refractivity contribution < 1.29 is 4.79 Å². The van der Waals surface area contributed by atoms with Gasteiger partial charge in [-0.05, 0) is 37.8 Å². The molecule has 7 heteroatoms. The molecule has 3 heterocycles. The highest BCUT2D eigenvalue weighted by atomic mass is 35.5. The number of nitrogens with zero attached hydrogens (tertiary/aromatic N) is 3. The molecule has 0 radical (unpaired) electrons. The molecule has 1 aromatic heterocycles. The van der Waals surface area contributed by atoms with Crippen LogP contribution in [0.1, 0.15) is 42.2 Å². The van der Waals surface area contributed by atoms with Crippen LogP contribution in [0.2, 0.25) is 5.02 Å². The summed E-state index contributed by atoms with van der Waals surface area (Å²) in [5, 5.41) is 1.71. The molecule has 150 valence electrons. The lowest BCUT2D eigenvalue weighted by molar-refractivity contribution is 0.193. The molecule has 1 aromatic carbocycles. The quantitative estimate of drug-likeness (QED) is 0.597. The third-order valence-corrected chi connectivity index (χ3v) is 6.82. The Bertz CT molecular complexity index is 874. The molecular formula is C21H25Cl2N3OS. The van der Waals surface area contributed by atoms with Gasteiger partial charge in [-0.15, -0.1) is 23.7 Å². The lowest BCUT2D eigenvalue weighted by atomic mass is 10.0. The molecule has 2 aromatic rings. The zero-order valence-corrected chi connectivity index (χ0v) is 18.4. The number of hydrogen-bond acceptors (Lipinski definition) is 3. The number of benzene rings is 1. The lowest BCUT2D eigenvalue weighted by Gasteiger charge is -2.32. The maximum atomic E-state index is 13.3. The Morgan fingerprint density at radius 3 is 2.61 bits per heavy atom. The second kappa shape index (κ2) is 9.29. The van der Waals surface area contributed by atoms with Gasteiger partial charge in [0.2, 0.25) is 0 Å². The normalized spacial score (nSPS) is 16.7. The topological polar surface area (TPSA) is 35.9 Å². The van der Waals surface area contributed by atoms with Crippen LogP contribution in [-0.2, 0) is 6.42 Å². The van der Waals surface area contributed by atoms with E-state index in [9.17, 15) is 4.79 Å². The molecule has 4 nitrogen and oxygen atoms in total. The molecule has 1 fully saturated rings. The third kappa shape index (κ3) is 4.07. The van der Waals surface area contributed by atoms with Crippen molar-refractivity contribution in [3.05, 3.63) is 51.4 Å². The van der Waals surface area contributed by atoms with E-state index in [1.165, 1.54) is 11.3 Å². The Morgan fingerprint density at radius 1 is 1.14 bits per heavy atom. The van der Waals surface area contributed by atoms with E-state index in [1.807, 2.05) is 34.1 Å². The number of rotatable bonds is 2. The van der Waals surface area contributed by atoms with Gasteiger partial charge in [0.15, 0.2) is 0 Å². The predicted octanol–water partition coefficient (Wildman–Crippen LogP) is 5.65. The Kier molecular flexibility index (Phi) is 7.02. The molecule has 0 N–H and O–H groups in total. The number of piperidine rings is 1. The molecule has 1 saturated heterocycles. The smallest absolute Gasteiger partial charge is 0.324 e. The average Bonchev–Trinajstić information content (AvgIpc) is 3.05. The van der Waals surface area contributed by atoms with Crippen molar-refractivity contribution in [2.24, 2.45) is 4.99 Å². The number of likely N-dealkylation sites (tertiary alicyclic amines) is 1. The standard InChI is InChI=1S/C21H24ClN3OS.ClH/c1-2-15-14-17-19(16-8-4-5-9-18(16)22)23-10-13-25(20(17)27-15)21(26)24-11-6-3-7-12-24;/h4-5,8-9,14H,2-3,6-7,10-13H2,1H3;1H. The SMILES string of the molecule is CCc1cc2c(s1)N(C(=O)N1CCCCC1)CCN=C2c1ccccc1Cl.Cl. The number of anilines is 1. The predicted molar refractivity (Wildman–Crippen MR) is 121 cm³/mol. The minimum Gasteiger partial charge on any atom is -0.324 e. The van der Waals surface area contributed by atoms with Crippen molar-refractivity contribution in [2.45, 2.75) is 32.6 Å². The highest BCUT2D eigenvalue weighted by molar-refractivity contribution is 7.16. The van der Waals surface area contributed by atoms with Gasteiger partial charge in [0.25, 0.3) is 0 Å². The molecule has 4 rings (SSSR count). The van der Waals surface area contributed by atoms with Gasteiger partial charge < -0.3 is 4.90 Å². The first-order valence-electron chi connectivity index (χ1n) is 9.68. The van der Waals surface area contributed by atoms with Gasteiger partial charge in [-0.3, -0.25) is 9.89 Å². The summed E-state index contributed by atoms with van der Waals surface area (Å²) in [5.41, 5.74) is 2.88. The zero-order valence-electron chi connectivity index (χ0n) is 16.0. The summed E-state index contributed by atoms with van der Waals surface area (Å²) >= 11 is 8.18. The van der Waals surface area contributed by atoms with E-state index in [0.717, 1.165) is 54.2 Å². The number of hydrogen-bond donors (Lipinski definition) is 0.